The fraction of sp³-hybridized carbons (Fsp3) is 0.385. The quantitative estimate of drug-likeness (QED) is 0.301. The summed E-state index contributed by atoms with van der Waals surface area (Å²) in [5.41, 5.74) is 1.18. The van der Waals surface area contributed by atoms with Crippen LogP contribution in [0.2, 0.25) is 10.0 Å². The van der Waals surface area contributed by atoms with Crippen LogP contribution in [0.25, 0.3) is 0 Å². The number of nitrogens with one attached hydrogen (secondary N) is 3. The van der Waals surface area contributed by atoms with Gasteiger partial charge in [0.05, 0.1) is 20.6 Å². The summed E-state index contributed by atoms with van der Waals surface area (Å²) < 4.78 is 0. The number of carbonyl (C=O) groups is 3. The second-order valence-corrected chi connectivity index (χ2v) is 10.3. The lowest BCUT2D eigenvalue weighted by molar-refractivity contribution is -0.139. The van der Waals surface area contributed by atoms with Crippen molar-refractivity contribution in [2.24, 2.45) is 5.41 Å². The predicted octanol–water partition coefficient (Wildman–Crippen LogP) is 5.25. The van der Waals surface area contributed by atoms with Crippen molar-refractivity contribution in [2.75, 3.05) is 11.9 Å². The number of benzene rings is 2. The van der Waals surface area contributed by atoms with Gasteiger partial charge in [-0.2, -0.15) is 0 Å². The number of carboxylic acid groups (broad SMARTS) is 1. The Morgan fingerprint density at radius 2 is 1.67 bits per heavy atom. The smallest absolute Gasteiger partial charge is 0.326 e. The van der Waals surface area contributed by atoms with E-state index in [-0.39, 0.29) is 33.4 Å². The number of thiocarbonyl (C=S) groups is 1. The lowest BCUT2D eigenvalue weighted by Crippen LogP contribution is -2.48. The van der Waals surface area contributed by atoms with Gasteiger partial charge in [-0.3, -0.25) is 9.59 Å². The Balaban J connectivity index is 1.64. The van der Waals surface area contributed by atoms with Gasteiger partial charge < -0.3 is 21.1 Å². The first kappa shape index (κ1) is 27.9. The van der Waals surface area contributed by atoms with Crippen molar-refractivity contribution >= 4 is 63.9 Å². The molecule has 10 heteroatoms. The van der Waals surface area contributed by atoms with Crippen LogP contribution in [0.3, 0.4) is 0 Å². The van der Waals surface area contributed by atoms with E-state index in [1.54, 1.807) is 42.5 Å². The first-order chi connectivity index (χ1) is 17.1. The lowest BCUT2D eigenvalue weighted by atomic mass is 9.82. The summed E-state index contributed by atoms with van der Waals surface area (Å²) in [5.74, 6) is -1.53. The summed E-state index contributed by atoms with van der Waals surface area (Å²) in [6.07, 6.45) is 4.66. The zero-order valence-corrected chi connectivity index (χ0v) is 22.2. The van der Waals surface area contributed by atoms with Crippen LogP contribution in [0.1, 0.15) is 54.9 Å². The Labute approximate surface area is 225 Å². The molecule has 3 rings (SSSR count). The van der Waals surface area contributed by atoms with E-state index in [4.69, 9.17) is 35.4 Å². The molecule has 2 aromatic rings. The van der Waals surface area contributed by atoms with Gasteiger partial charge in [-0.15, -0.1) is 0 Å². The number of rotatable bonds is 10. The highest BCUT2D eigenvalue weighted by molar-refractivity contribution is 7.80. The Bertz CT molecular complexity index is 1110. The second-order valence-electron chi connectivity index (χ2n) is 9.04. The fourth-order valence-electron chi connectivity index (χ4n) is 4.50. The largest absolute Gasteiger partial charge is 0.480 e. The molecule has 0 spiro atoms. The number of aliphatic carboxylic acids is 1. The van der Waals surface area contributed by atoms with Gasteiger partial charge in [0, 0.05) is 31.0 Å². The van der Waals surface area contributed by atoms with Crippen LogP contribution in [0.15, 0.2) is 42.5 Å². The number of anilines is 1. The van der Waals surface area contributed by atoms with Gasteiger partial charge in [-0.05, 0) is 49.1 Å². The Kier molecular flexibility index (Phi) is 9.70. The first-order valence-corrected chi connectivity index (χ1v) is 12.9. The molecule has 1 aliphatic rings. The van der Waals surface area contributed by atoms with E-state index < -0.39 is 17.9 Å². The maximum Gasteiger partial charge on any atom is 0.326 e. The minimum Gasteiger partial charge on any atom is -0.480 e. The standard InChI is InChI=1S/C26H29Cl2N3O4S/c1-16(32)29-14-13-26(11-2-3-12-26)25(36)31-21(24(34)35)15-17-7-9-18(10-8-17)30-23(33)22-19(27)5-4-6-20(22)28/h4-10,21H,2-3,11-15H2,1H3,(H,29,32)(H,30,33)(H,31,36)(H,34,35)/t21-/m0/s1. The predicted molar refractivity (Wildman–Crippen MR) is 146 cm³/mol. The summed E-state index contributed by atoms with van der Waals surface area (Å²) in [6, 6.07) is 10.8. The molecule has 0 saturated heterocycles. The summed E-state index contributed by atoms with van der Waals surface area (Å²) >= 11 is 17.9. The zero-order valence-electron chi connectivity index (χ0n) is 19.9. The molecule has 0 bridgehead atoms. The van der Waals surface area contributed by atoms with Gasteiger partial charge in [-0.25, -0.2) is 4.79 Å². The molecule has 0 aromatic heterocycles. The Morgan fingerprint density at radius 1 is 1.06 bits per heavy atom. The van der Waals surface area contributed by atoms with Crippen LogP contribution in [-0.4, -0.2) is 40.5 Å². The molecule has 36 heavy (non-hydrogen) atoms. The monoisotopic (exact) mass is 549 g/mol. The average molecular weight is 551 g/mol. The van der Waals surface area contributed by atoms with Gasteiger partial charge in [0.2, 0.25) is 5.91 Å². The van der Waals surface area contributed by atoms with Crippen molar-refractivity contribution in [1.29, 1.82) is 0 Å². The molecule has 0 aliphatic heterocycles. The molecule has 2 amide bonds. The van der Waals surface area contributed by atoms with E-state index in [2.05, 4.69) is 16.0 Å². The summed E-state index contributed by atoms with van der Waals surface area (Å²) in [7, 11) is 0. The number of carbonyl (C=O) groups excluding carboxylic acids is 2. The molecular formula is C26H29Cl2N3O4S. The van der Waals surface area contributed by atoms with E-state index in [0.29, 0.717) is 23.6 Å². The molecular weight excluding hydrogens is 521 g/mol. The number of amides is 2. The van der Waals surface area contributed by atoms with Gasteiger partial charge in [0.25, 0.3) is 5.91 Å². The SMILES string of the molecule is CC(=O)NCCC1(C(=S)N[C@@H](Cc2ccc(NC(=O)c3c(Cl)cccc3Cl)cc2)C(=O)O)CCCC1. The number of halogens is 2. The highest BCUT2D eigenvalue weighted by Crippen LogP contribution is 2.42. The Morgan fingerprint density at radius 3 is 2.22 bits per heavy atom. The van der Waals surface area contributed by atoms with Crippen LogP contribution >= 0.6 is 35.4 Å². The Hall–Kier alpha value is -2.68. The second kappa shape index (κ2) is 12.5. The maximum absolute atomic E-state index is 12.6. The molecule has 7 nitrogen and oxygen atoms in total. The van der Waals surface area contributed by atoms with Crippen molar-refractivity contribution in [1.82, 2.24) is 10.6 Å². The minimum atomic E-state index is -1.00. The number of hydrogen-bond donors (Lipinski definition) is 4. The normalized spacial score (nSPS) is 15.1. The van der Waals surface area contributed by atoms with Crippen molar-refractivity contribution in [3.05, 3.63) is 63.6 Å². The molecule has 1 atom stereocenters. The van der Waals surface area contributed by atoms with E-state index in [9.17, 15) is 19.5 Å². The van der Waals surface area contributed by atoms with E-state index >= 15 is 0 Å². The molecule has 4 N–H and O–H groups in total. The van der Waals surface area contributed by atoms with Gasteiger partial charge >= 0.3 is 5.97 Å². The topological polar surface area (TPSA) is 108 Å². The van der Waals surface area contributed by atoms with Crippen LogP contribution in [-0.2, 0) is 16.0 Å². The van der Waals surface area contributed by atoms with Crippen molar-refractivity contribution in [2.45, 2.75) is 51.5 Å². The molecule has 0 unspecified atom stereocenters. The van der Waals surface area contributed by atoms with Crippen molar-refractivity contribution in [3.63, 3.8) is 0 Å². The average Bonchev–Trinajstić information content (AvgIpc) is 3.29. The molecule has 1 fully saturated rings. The highest BCUT2D eigenvalue weighted by Gasteiger charge is 2.39. The van der Waals surface area contributed by atoms with E-state index in [1.807, 2.05) is 0 Å². The maximum atomic E-state index is 12.6. The van der Waals surface area contributed by atoms with Crippen LogP contribution in [0.5, 0.6) is 0 Å². The molecule has 0 heterocycles. The summed E-state index contributed by atoms with van der Waals surface area (Å²) in [4.78, 5) is 36.4. The lowest BCUT2D eigenvalue weighted by Gasteiger charge is -2.32. The number of carboxylic acids is 1. The third-order valence-electron chi connectivity index (χ3n) is 6.46. The third-order valence-corrected chi connectivity index (χ3v) is 7.65. The van der Waals surface area contributed by atoms with Gasteiger partial charge in [0.15, 0.2) is 0 Å². The van der Waals surface area contributed by atoms with Crippen LogP contribution in [0, 0.1) is 5.41 Å². The third kappa shape index (κ3) is 7.18. The van der Waals surface area contributed by atoms with Crippen LogP contribution < -0.4 is 16.0 Å². The van der Waals surface area contributed by atoms with Crippen molar-refractivity contribution in [3.8, 4) is 0 Å². The summed E-state index contributed by atoms with van der Waals surface area (Å²) in [5, 5.41) is 19.0. The van der Waals surface area contributed by atoms with Crippen molar-refractivity contribution < 1.29 is 19.5 Å². The molecule has 0 radical (unpaired) electrons. The fourth-order valence-corrected chi connectivity index (χ4v) is 5.52. The zero-order chi connectivity index (χ0) is 26.3. The van der Waals surface area contributed by atoms with E-state index in [0.717, 1.165) is 31.2 Å². The molecule has 192 valence electrons. The van der Waals surface area contributed by atoms with E-state index in [1.165, 1.54) is 6.92 Å². The summed E-state index contributed by atoms with van der Waals surface area (Å²) in [6.45, 7) is 1.97. The molecule has 1 aliphatic carbocycles. The van der Waals surface area contributed by atoms with Crippen LogP contribution in [0.4, 0.5) is 5.69 Å². The van der Waals surface area contributed by atoms with Gasteiger partial charge in [0.1, 0.15) is 6.04 Å². The van der Waals surface area contributed by atoms with Gasteiger partial charge in [-0.1, -0.05) is 66.5 Å². The highest BCUT2D eigenvalue weighted by atomic mass is 35.5. The minimum absolute atomic E-state index is 0.0972. The first-order valence-electron chi connectivity index (χ1n) is 11.7. The molecule has 2 aromatic carbocycles. The molecule has 1 saturated carbocycles. The number of hydrogen-bond acceptors (Lipinski definition) is 4.